The fourth-order valence-electron chi connectivity index (χ4n) is 0.411. The van der Waals surface area contributed by atoms with Crippen molar-refractivity contribution in [1.82, 2.24) is 10.2 Å². The van der Waals surface area contributed by atoms with Crippen molar-refractivity contribution in [3.63, 3.8) is 0 Å². The lowest BCUT2D eigenvalue weighted by Gasteiger charge is -1.86. The van der Waals surface area contributed by atoms with Crippen molar-refractivity contribution in [1.29, 1.82) is 0 Å². The average molecular weight is 113 g/mol. The van der Waals surface area contributed by atoms with Gasteiger partial charge in [-0.15, -0.1) is 0 Å². The van der Waals surface area contributed by atoms with Gasteiger partial charge >= 0.3 is 0 Å². The van der Waals surface area contributed by atoms with Gasteiger partial charge in [0.15, 0.2) is 0 Å². The van der Waals surface area contributed by atoms with E-state index in [9.17, 15) is 0 Å². The molecule has 6 N–H and O–H groups in total. The first kappa shape index (κ1) is 4.92. The number of H-pyrrole nitrogens is 1. The number of nitrogens with two attached hydrogens (primary N) is 2. The standard InChI is InChI=1S/C3H7N5/c4-2-1-3(6-5)8-7-2/h1H,5H2,(H4,4,6,7,8). The van der Waals surface area contributed by atoms with E-state index in [2.05, 4.69) is 15.6 Å². The van der Waals surface area contributed by atoms with Crippen LogP contribution < -0.4 is 17.0 Å². The maximum atomic E-state index is 5.22. The van der Waals surface area contributed by atoms with Crippen LogP contribution >= 0.6 is 0 Å². The highest BCUT2D eigenvalue weighted by atomic mass is 15.3. The fourth-order valence-corrected chi connectivity index (χ4v) is 0.411. The number of nitrogen functional groups attached to an aromatic ring is 2. The van der Waals surface area contributed by atoms with E-state index in [0.717, 1.165) is 0 Å². The molecular weight excluding hydrogens is 106 g/mol. The zero-order chi connectivity index (χ0) is 5.98. The van der Waals surface area contributed by atoms with Gasteiger partial charge in [0.25, 0.3) is 0 Å². The Bertz CT molecular complexity index is 168. The van der Waals surface area contributed by atoms with Crippen molar-refractivity contribution < 1.29 is 0 Å². The minimum atomic E-state index is 0.429. The number of nitrogens with zero attached hydrogens (tertiary/aromatic N) is 1. The van der Waals surface area contributed by atoms with Crippen molar-refractivity contribution >= 4 is 11.6 Å². The number of rotatable bonds is 1. The Hall–Kier alpha value is -1.23. The summed E-state index contributed by atoms with van der Waals surface area (Å²) in [5.74, 6) is 6.03. The van der Waals surface area contributed by atoms with Gasteiger partial charge in [0.05, 0.1) is 0 Å². The van der Waals surface area contributed by atoms with Gasteiger partial charge in [-0.3, -0.25) is 5.10 Å². The quantitative estimate of drug-likeness (QED) is 0.285. The summed E-state index contributed by atoms with van der Waals surface area (Å²) in [7, 11) is 0. The van der Waals surface area contributed by atoms with Gasteiger partial charge < -0.3 is 11.2 Å². The second-order valence-corrected chi connectivity index (χ2v) is 1.35. The van der Waals surface area contributed by atoms with E-state index in [1.165, 1.54) is 0 Å². The summed E-state index contributed by atoms with van der Waals surface area (Å²) < 4.78 is 0. The normalized spacial score (nSPS) is 9.12. The highest BCUT2D eigenvalue weighted by Crippen LogP contribution is 2.02. The second kappa shape index (κ2) is 1.71. The Balaban J connectivity index is 2.84. The van der Waals surface area contributed by atoms with Crippen LogP contribution in [0.15, 0.2) is 6.07 Å². The molecule has 0 saturated carbocycles. The molecule has 0 spiro atoms. The molecule has 0 atom stereocenters. The molecule has 0 aromatic carbocycles. The third-order valence-electron chi connectivity index (χ3n) is 0.753. The smallest absolute Gasteiger partial charge is 0.147 e. The molecule has 0 amide bonds. The summed E-state index contributed by atoms with van der Waals surface area (Å²) in [4.78, 5) is 0. The Labute approximate surface area is 46.0 Å². The van der Waals surface area contributed by atoms with E-state index in [0.29, 0.717) is 11.6 Å². The number of aromatic amines is 1. The number of nitrogens with one attached hydrogen (secondary N) is 2. The lowest BCUT2D eigenvalue weighted by Crippen LogP contribution is -2.06. The minimum absolute atomic E-state index is 0.429. The summed E-state index contributed by atoms with van der Waals surface area (Å²) in [6, 6.07) is 1.60. The maximum Gasteiger partial charge on any atom is 0.147 e. The van der Waals surface area contributed by atoms with Crippen LogP contribution in [0.2, 0.25) is 0 Å². The van der Waals surface area contributed by atoms with Gasteiger partial charge in [-0.1, -0.05) is 0 Å². The Morgan fingerprint density at radius 1 is 1.75 bits per heavy atom. The molecular formula is C3H7N5. The SMILES string of the molecule is NNc1cc(N)n[nH]1. The average Bonchev–Trinajstić information content (AvgIpc) is 2.14. The lowest BCUT2D eigenvalue weighted by molar-refractivity contribution is 1.08. The van der Waals surface area contributed by atoms with Crippen LogP contribution in [0.3, 0.4) is 0 Å². The molecule has 0 fully saturated rings. The fraction of sp³-hybridized carbons (Fsp3) is 0. The Morgan fingerprint density at radius 3 is 2.75 bits per heavy atom. The molecule has 0 saturated heterocycles. The van der Waals surface area contributed by atoms with Crippen LogP contribution in [0.5, 0.6) is 0 Å². The highest BCUT2D eigenvalue weighted by Gasteiger charge is 1.89. The first-order valence-corrected chi connectivity index (χ1v) is 2.10. The largest absolute Gasteiger partial charge is 0.382 e. The van der Waals surface area contributed by atoms with Crippen LogP contribution in [0.25, 0.3) is 0 Å². The molecule has 8 heavy (non-hydrogen) atoms. The van der Waals surface area contributed by atoms with Gasteiger partial charge in [-0.2, -0.15) is 5.10 Å². The molecule has 1 aromatic heterocycles. The molecule has 0 aliphatic heterocycles. The molecule has 0 unspecified atom stereocenters. The minimum Gasteiger partial charge on any atom is -0.382 e. The zero-order valence-corrected chi connectivity index (χ0v) is 4.18. The van der Waals surface area contributed by atoms with Crippen LogP contribution in [-0.2, 0) is 0 Å². The summed E-state index contributed by atoms with van der Waals surface area (Å²) in [5, 5.41) is 6.14. The van der Waals surface area contributed by atoms with Gasteiger partial charge in [-0.05, 0) is 0 Å². The zero-order valence-electron chi connectivity index (χ0n) is 4.18. The molecule has 0 aliphatic carbocycles. The van der Waals surface area contributed by atoms with Crippen LogP contribution in [-0.4, -0.2) is 10.2 Å². The Morgan fingerprint density at radius 2 is 2.50 bits per heavy atom. The first-order valence-electron chi connectivity index (χ1n) is 2.10. The molecule has 1 heterocycles. The van der Waals surface area contributed by atoms with E-state index in [1.54, 1.807) is 6.07 Å². The van der Waals surface area contributed by atoms with E-state index in [-0.39, 0.29) is 0 Å². The highest BCUT2D eigenvalue weighted by molar-refractivity contribution is 5.42. The van der Waals surface area contributed by atoms with Crippen molar-refractivity contribution in [2.24, 2.45) is 5.84 Å². The van der Waals surface area contributed by atoms with Crippen molar-refractivity contribution in [3.05, 3.63) is 6.07 Å². The maximum absolute atomic E-state index is 5.22. The predicted molar refractivity (Wildman–Crippen MR) is 30.8 cm³/mol. The van der Waals surface area contributed by atoms with Gasteiger partial charge in [-0.25, -0.2) is 5.84 Å². The third kappa shape index (κ3) is 0.710. The summed E-state index contributed by atoms with van der Waals surface area (Å²) in [5.41, 5.74) is 7.57. The molecule has 44 valence electrons. The molecule has 0 aliphatic rings. The van der Waals surface area contributed by atoms with Crippen LogP contribution in [0.1, 0.15) is 0 Å². The van der Waals surface area contributed by atoms with Crippen molar-refractivity contribution in [2.45, 2.75) is 0 Å². The van der Waals surface area contributed by atoms with E-state index in [4.69, 9.17) is 11.6 Å². The lowest BCUT2D eigenvalue weighted by atomic mass is 10.6. The monoisotopic (exact) mass is 113 g/mol. The first-order chi connectivity index (χ1) is 3.83. The third-order valence-corrected chi connectivity index (χ3v) is 0.753. The van der Waals surface area contributed by atoms with Gasteiger partial charge in [0.1, 0.15) is 11.6 Å². The molecule has 1 aromatic rings. The van der Waals surface area contributed by atoms with E-state index >= 15 is 0 Å². The number of anilines is 2. The molecule has 5 nitrogen and oxygen atoms in total. The molecule has 5 heteroatoms. The van der Waals surface area contributed by atoms with E-state index < -0.39 is 0 Å². The van der Waals surface area contributed by atoms with Crippen molar-refractivity contribution in [3.8, 4) is 0 Å². The van der Waals surface area contributed by atoms with Crippen LogP contribution in [0.4, 0.5) is 11.6 Å². The summed E-state index contributed by atoms with van der Waals surface area (Å²) in [6.45, 7) is 0. The number of hydrogen-bond acceptors (Lipinski definition) is 4. The number of hydrogen-bond donors (Lipinski definition) is 4. The molecule has 0 radical (unpaired) electrons. The molecule has 0 bridgehead atoms. The number of hydrazine groups is 1. The van der Waals surface area contributed by atoms with Gasteiger partial charge in [0, 0.05) is 6.07 Å². The summed E-state index contributed by atoms with van der Waals surface area (Å²) in [6.07, 6.45) is 0. The van der Waals surface area contributed by atoms with Crippen LogP contribution in [0, 0.1) is 0 Å². The topological polar surface area (TPSA) is 92.8 Å². The number of aromatic nitrogens is 2. The Kier molecular flexibility index (Phi) is 1.05. The molecule has 1 rings (SSSR count). The van der Waals surface area contributed by atoms with Crippen molar-refractivity contribution in [2.75, 3.05) is 11.2 Å². The van der Waals surface area contributed by atoms with E-state index in [1.807, 2.05) is 0 Å². The summed E-state index contributed by atoms with van der Waals surface area (Å²) >= 11 is 0. The van der Waals surface area contributed by atoms with Gasteiger partial charge in [0.2, 0.25) is 0 Å². The predicted octanol–water partition coefficient (Wildman–Crippen LogP) is -0.723. The second-order valence-electron chi connectivity index (χ2n) is 1.35.